The summed E-state index contributed by atoms with van der Waals surface area (Å²) in [5.41, 5.74) is 5.76. The molecule has 0 radical (unpaired) electrons. The summed E-state index contributed by atoms with van der Waals surface area (Å²) in [5, 5.41) is 3.03. The van der Waals surface area contributed by atoms with Crippen LogP contribution in [0.15, 0.2) is 22.8 Å². The molecule has 1 aromatic rings. The standard InChI is InChI=1S/C14H22N2O2/c1-10(13-7-4-8-18-13)16-14(17)12-6-3-2-5-11(12)9-15/h4,7-8,10-12H,2-3,5-6,9,15H2,1H3,(H,16,17)/t10-,11?,12?/m1/s1. The number of furan rings is 1. The molecule has 1 aliphatic carbocycles. The molecule has 4 nitrogen and oxygen atoms in total. The van der Waals surface area contributed by atoms with E-state index >= 15 is 0 Å². The Bertz CT molecular complexity index is 375. The van der Waals surface area contributed by atoms with E-state index in [1.54, 1.807) is 6.26 Å². The maximum atomic E-state index is 12.3. The molecule has 3 N–H and O–H groups in total. The van der Waals surface area contributed by atoms with Gasteiger partial charge in [-0.15, -0.1) is 0 Å². The van der Waals surface area contributed by atoms with Crippen LogP contribution in [0.2, 0.25) is 0 Å². The monoisotopic (exact) mass is 250 g/mol. The van der Waals surface area contributed by atoms with Gasteiger partial charge >= 0.3 is 0 Å². The van der Waals surface area contributed by atoms with Gasteiger partial charge in [-0.1, -0.05) is 12.8 Å². The van der Waals surface area contributed by atoms with Crippen LogP contribution in [0.5, 0.6) is 0 Å². The summed E-state index contributed by atoms with van der Waals surface area (Å²) >= 11 is 0. The van der Waals surface area contributed by atoms with Crippen molar-refractivity contribution in [2.75, 3.05) is 6.54 Å². The number of nitrogens with one attached hydrogen (secondary N) is 1. The predicted octanol–water partition coefficient (Wildman–Crippen LogP) is 2.22. The Hall–Kier alpha value is -1.29. The molecule has 0 bridgehead atoms. The van der Waals surface area contributed by atoms with Gasteiger partial charge in [0.05, 0.1) is 12.3 Å². The minimum Gasteiger partial charge on any atom is -0.467 e. The first-order chi connectivity index (χ1) is 8.72. The lowest BCUT2D eigenvalue weighted by Crippen LogP contribution is -2.40. The van der Waals surface area contributed by atoms with Gasteiger partial charge in [-0.3, -0.25) is 4.79 Å². The molecule has 100 valence electrons. The summed E-state index contributed by atoms with van der Waals surface area (Å²) in [5.74, 6) is 1.32. The smallest absolute Gasteiger partial charge is 0.224 e. The van der Waals surface area contributed by atoms with Crippen LogP contribution in [-0.2, 0) is 4.79 Å². The van der Waals surface area contributed by atoms with Crippen molar-refractivity contribution in [1.29, 1.82) is 0 Å². The van der Waals surface area contributed by atoms with E-state index in [2.05, 4.69) is 5.32 Å². The van der Waals surface area contributed by atoms with Crippen LogP contribution in [0, 0.1) is 11.8 Å². The fraction of sp³-hybridized carbons (Fsp3) is 0.643. The summed E-state index contributed by atoms with van der Waals surface area (Å²) in [7, 11) is 0. The minimum absolute atomic E-state index is 0.0705. The molecule has 2 unspecified atom stereocenters. The Morgan fingerprint density at radius 1 is 1.56 bits per heavy atom. The van der Waals surface area contributed by atoms with Gasteiger partial charge in [0.1, 0.15) is 5.76 Å². The van der Waals surface area contributed by atoms with Gasteiger partial charge < -0.3 is 15.5 Å². The van der Waals surface area contributed by atoms with Crippen molar-refractivity contribution < 1.29 is 9.21 Å². The summed E-state index contributed by atoms with van der Waals surface area (Å²) in [6.45, 7) is 2.55. The van der Waals surface area contributed by atoms with Gasteiger partial charge in [-0.25, -0.2) is 0 Å². The maximum Gasteiger partial charge on any atom is 0.224 e. The van der Waals surface area contributed by atoms with Crippen LogP contribution in [0.3, 0.4) is 0 Å². The summed E-state index contributed by atoms with van der Waals surface area (Å²) < 4.78 is 5.30. The van der Waals surface area contributed by atoms with E-state index in [-0.39, 0.29) is 17.9 Å². The summed E-state index contributed by atoms with van der Waals surface area (Å²) in [6, 6.07) is 3.64. The van der Waals surface area contributed by atoms with Crippen LogP contribution in [0.4, 0.5) is 0 Å². The molecule has 2 rings (SSSR count). The normalized spacial score (nSPS) is 25.7. The molecule has 0 spiro atoms. The highest BCUT2D eigenvalue weighted by Gasteiger charge is 2.30. The molecule has 1 fully saturated rings. The SMILES string of the molecule is C[C@@H](NC(=O)C1CCCCC1CN)c1ccco1. The molecular formula is C14H22N2O2. The number of hydrogen-bond donors (Lipinski definition) is 2. The quantitative estimate of drug-likeness (QED) is 0.861. The largest absolute Gasteiger partial charge is 0.467 e. The predicted molar refractivity (Wildman–Crippen MR) is 69.8 cm³/mol. The van der Waals surface area contributed by atoms with Gasteiger partial charge in [-0.05, 0) is 44.4 Å². The third kappa shape index (κ3) is 2.93. The number of hydrogen-bond acceptors (Lipinski definition) is 3. The van der Waals surface area contributed by atoms with Gasteiger partial charge in [-0.2, -0.15) is 0 Å². The number of carbonyl (C=O) groups excluding carboxylic acids is 1. The van der Waals surface area contributed by atoms with E-state index in [0.717, 1.165) is 25.0 Å². The fourth-order valence-corrected chi connectivity index (χ4v) is 2.76. The van der Waals surface area contributed by atoms with Gasteiger partial charge in [0.2, 0.25) is 5.91 Å². The van der Waals surface area contributed by atoms with Crippen LogP contribution in [-0.4, -0.2) is 12.5 Å². The molecular weight excluding hydrogens is 228 g/mol. The first kappa shape index (κ1) is 13.1. The molecule has 4 heteroatoms. The van der Waals surface area contributed by atoms with E-state index in [1.165, 1.54) is 6.42 Å². The first-order valence-corrected chi connectivity index (χ1v) is 6.76. The van der Waals surface area contributed by atoms with Crippen molar-refractivity contribution in [2.45, 2.75) is 38.6 Å². The van der Waals surface area contributed by atoms with Crippen molar-refractivity contribution >= 4 is 5.91 Å². The zero-order valence-electron chi connectivity index (χ0n) is 10.9. The van der Waals surface area contributed by atoms with Crippen LogP contribution >= 0.6 is 0 Å². The van der Waals surface area contributed by atoms with Crippen molar-refractivity contribution in [3.63, 3.8) is 0 Å². The molecule has 1 aliphatic rings. The van der Waals surface area contributed by atoms with Crippen molar-refractivity contribution in [2.24, 2.45) is 17.6 Å². The van der Waals surface area contributed by atoms with Gasteiger partial charge in [0, 0.05) is 5.92 Å². The number of carbonyl (C=O) groups is 1. The zero-order valence-corrected chi connectivity index (χ0v) is 10.9. The van der Waals surface area contributed by atoms with Crippen molar-refractivity contribution in [1.82, 2.24) is 5.32 Å². The topological polar surface area (TPSA) is 68.3 Å². The van der Waals surface area contributed by atoms with Crippen molar-refractivity contribution in [3.8, 4) is 0 Å². The van der Waals surface area contributed by atoms with E-state index < -0.39 is 0 Å². The molecule has 1 amide bonds. The lowest BCUT2D eigenvalue weighted by molar-refractivity contribution is -0.128. The molecule has 0 aliphatic heterocycles. The van der Waals surface area contributed by atoms with Crippen LogP contribution in [0.1, 0.15) is 44.4 Å². The number of rotatable bonds is 4. The highest BCUT2D eigenvalue weighted by Crippen LogP contribution is 2.30. The third-order valence-corrected chi connectivity index (χ3v) is 3.88. The zero-order chi connectivity index (χ0) is 13.0. The maximum absolute atomic E-state index is 12.3. The fourth-order valence-electron chi connectivity index (χ4n) is 2.76. The molecule has 3 atom stereocenters. The lowest BCUT2D eigenvalue weighted by Gasteiger charge is -2.30. The average Bonchev–Trinajstić information content (AvgIpc) is 2.92. The molecule has 18 heavy (non-hydrogen) atoms. The van der Waals surface area contributed by atoms with E-state index in [9.17, 15) is 4.79 Å². The second-order valence-corrected chi connectivity index (χ2v) is 5.13. The second kappa shape index (κ2) is 6.05. The summed E-state index contributed by atoms with van der Waals surface area (Å²) in [4.78, 5) is 12.3. The third-order valence-electron chi connectivity index (χ3n) is 3.88. The first-order valence-electron chi connectivity index (χ1n) is 6.76. The minimum atomic E-state index is -0.0761. The van der Waals surface area contributed by atoms with E-state index in [4.69, 9.17) is 10.2 Å². The molecule has 1 saturated carbocycles. The van der Waals surface area contributed by atoms with Crippen molar-refractivity contribution in [3.05, 3.63) is 24.2 Å². The Morgan fingerprint density at radius 2 is 2.33 bits per heavy atom. The Kier molecular flexibility index (Phi) is 4.42. The van der Waals surface area contributed by atoms with Gasteiger partial charge in [0.25, 0.3) is 0 Å². The molecule has 0 aromatic carbocycles. The van der Waals surface area contributed by atoms with Gasteiger partial charge in [0.15, 0.2) is 0 Å². The average molecular weight is 250 g/mol. The van der Waals surface area contributed by atoms with E-state index in [1.807, 2.05) is 19.1 Å². The highest BCUT2D eigenvalue weighted by molar-refractivity contribution is 5.79. The van der Waals surface area contributed by atoms with E-state index in [0.29, 0.717) is 12.5 Å². The number of nitrogens with two attached hydrogens (primary N) is 1. The molecule has 1 aromatic heterocycles. The Labute approximate surface area is 108 Å². The number of amides is 1. The lowest BCUT2D eigenvalue weighted by atomic mass is 9.78. The Balaban J connectivity index is 1.94. The van der Waals surface area contributed by atoms with Crippen LogP contribution in [0.25, 0.3) is 0 Å². The molecule has 0 saturated heterocycles. The highest BCUT2D eigenvalue weighted by atomic mass is 16.3. The Morgan fingerprint density at radius 3 is 3.00 bits per heavy atom. The van der Waals surface area contributed by atoms with Crippen LogP contribution < -0.4 is 11.1 Å². The second-order valence-electron chi connectivity index (χ2n) is 5.13. The summed E-state index contributed by atoms with van der Waals surface area (Å²) in [6.07, 6.45) is 5.98. The molecule has 1 heterocycles.